The van der Waals surface area contributed by atoms with Gasteiger partial charge in [0, 0.05) is 36.8 Å². The summed E-state index contributed by atoms with van der Waals surface area (Å²) in [6, 6.07) is 22.8. The van der Waals surface area contributed by atoms with E-state index >= 15 is 0 Å². The zero-order valence-corrected chi connectivity index (χ0v) is 22.4. The fraction of sp³-hybridized carbons (Fsp3) is 0.207. The molecule has 0 fully saturated rings. The van der Waals surface area contributed by atoms with E-state index in [9.17, 15) is 22.8 Å². The predicted molar refractivity (Wildman–Crippen MR) is 147 cm³/mol. The van der Waals surface area contributed by atoms with Gasteiger partial charge in [-0.25, -0.2) is 22.3 Å². The average Bonchev–Trinajstić information content (AvgIpc) is 3.09. The minimum absolute atomic E-state index is 0.0992. The second-order valence-electron chi connectivity index (χ2n) is 8.86. The number of aliphatic carboxylic acids is 2. The number of nitrogens with zero attached hydrogens (tertiary/aromatic N) is 1. The molecular formula is C29H30N2O7S. The lowest BCUT2D eigenvalue weighted by Crippen LogP contribution is -2.33. The number of rotatable bonds is 7. The van der Waals surface area contributed by atoms with Crippen molar-refractivity contribution in [1.29, 1.82) is 0 Å². The molecule has 3 aliphatic rings. The van der Waals surface area contributed by atoms with Gasteiger partial charge in [0.15, 0.2) is 0 Å². The molecule has 1 heterocycles. The first-order chi connectivity index (χ1) is 18.5. The number of sulfonamides is 1. The van der Waals surface area contributed by atoms with Gasteiger partial charge in [0.1, 0.15) is 4.90 Å². The molecule has 0 saturated heterocycles. The van der Waals surface area contributed by atoms with Gasteiger partial charge in [-0.2, -0.15) is 0 Å². The van der Waals surface area contributed by atoms with Crippen LogP contribution in [0.25, 0.3) is 0 Å². The number of carboxylic acid groups (broad SMARTS) is 2. The van der Waals surface area contributed by atoms with Gasteiger partial charge >= 0.3 is 11.9 Å². The van der Waals surface area contributed by atoms with E-state index in [2.05, 4.69) is 29.6 Å². The van der Waals surface area contributed by atoms with E-state index in [0.29, 0.717) is 12.2 Å². The molecule has 0 radical (unpaired) electrons. The number of anilines is 1. The maximum Gasteiger partial charge on any atom is 0.328 e. The van der Waals surface area contributed by atoms with E-state index in [4.69, 9.17) is 10.2 Å². The first-order valence-corrected chi connectivity index (χ1v) is 13.7. The van der Waals surface area contributed by atoms with Crippen molar-refractivity contribution in [2.45, 2.75) is 31.1 Å². The molecule has 2 bridgehead atoms. The highest BCUT2D eigenvalue weighted by Crippen LogP contribution is 2.33. The lowest BCUT2D eigenvalue weighted by atomic mass is 9.94. The Hall–Kier alpha value is -4.44. The standard InChI is InChI=1S/C18H20N2O3S.C7H6.C4H4O4/c1-3-19-16-10-6-4-8-14(16)13(2)12-20-18(21)15-9-5-7-11-17(15)24(20,22)23;1-2-6-4-7(3-1)5-6;5-3(6)1-2-4(7)8/h4-11,13,19H,3,12H2,1-2H3;1-4H,5H2;1-2H,(H,5,6)(H,7,8). The molecule has 3 N–H and O–H groups in total. The van der Waals surface area contributed by atoms with Crippen LogP contribution in [0.1, 0.15) is 46.8 Å². The summed E-state index contributed by atoms with van der Waals surface area (Å²) in [5, 5.41) is 18.9. The second-order valence-corrected chi connectivity index (χ2v) is 10.7. The first kappa shape index (κ1) is 29.1. The topological polar surface area (TPSA) is 141 Å². The van der Waals surface area contributed by atoms with Gasteiger partial charge in [-0.15, -0.1) is 0 Å². The van der Waals surface area contributed by atoms with Gasteiger partial charge in [-0.1, -0.05) is 61.5 Å². The van der Waals surface area contributed by atoms with E-state index in [1.165, 1.54) is 23.6 Å². The Morgan fingerprint density at radius 1 is 0.949 bits per heavy atom. The lowest BCUT2D eigenvalue weighted by molar-refractivity contribution is -0.134. The molecule has 10 heteroatoms. The van der Waals surface area contributed by atoms with Crippen molar-refractivity contribution >= 4 is 33.6 Å². The fourth-order valence-corrected chi connectivity index (χ4v) is 5.79. The molecule has 2 aliphatic carbocycles. The Bertz CT molecular complexity index is 1460. The number of amides is 1. The summed E-state index contributed by atoms with van der Waals surface area (Å²) in [4.78, 5) is 31.7. The van der Waals surface area contributed by atoms with Gasteiger partial charge in [-0.3, -0.25) is 4.79 Å². The molecule has 3 aromatic rings. The van der Waals surface area contributed by atoms with Crippen molar-refractivity contribution < 1.29 is 33.0 Å². The SMILES string of the molecule is CCNc1ccccc1C(C)CN1C(=O)c2ccccc2S1(=O)=O.O=C(O)C=CC(=O)O.c1cc2cc(c1)C2. The molecule has 6 rings (SSSR count). The van der Waals surface area contributed by atoms with Crippen molar-refractivity contribution in [2.24, 2.45) is 0 Å². The third-order valence-corrected chi connectivity index (χ3v) is 7.79. The molecule has 1 unspecified atom stereocenters. The van der Waals surface area contributed by atoms with Crippen molar-refractivity contribution in [3.8, 4) is 0 Å². The smallest absolute Gasteiger partial charge is 0.328 e. The van der Waals surface area contributed by atoms with Gasteiger partial charge < -0.3 is 15.5 Å². The third-order valence-electron chi connectivity index (χ3n) is 5.98. The minimum atomic E-state index is -3.76. The van der Waals surface area contributed by atoms with Gasteiger partial charge in [0.05, 0.1) is 5.56 Å². The van der Waals surface area contributed by atoms with Crippen LogP contribution in [0.15, 0.2) is 89.8 Å². The van der Waals surface area contributed by atoms with Crippen LogP contribution < -0.4 is 5.32 Å². The molecule has 0 aromatic heterocycles. The van der Waals surface area contributed by atoms with Crippen LogP contribution in [-0.2, 0) is 26.0 Å². The van der Waals surface area contributed by atoms with Crippen LogP contribution >= 0.6 is 0 Å². The van der Waals surface area contributed by atoms with Crippen molar-refractivity contribution in [3.05, 3.63) is 107 Å². The Morgan fingerprint density at radius 2 is 1.51 bits per heavy atom. The largest absolute Gasteiger partial charge is 0.478 e. The molecular weight excluding hydrogens is 520 g/mol. The number of carbonyl (C=O) groups excluding carboxylic acids is 1. The molecule has 0 saturated carbocycles. The maximum atomic E-state index is 12.7. The Kier molecular flexibility index (Phi) is 9.62. The fourth-order valence-electron chi connectivity index (χ4n) is 4.13. The molecule has 0 spiro atoms. The second kappa shape index (κ2) is 12.9. The number of carbonyl (C=O) groups is 3. The minimum Gasteiger partial charge on any atom is -0.478 e. The summed E-state index contributed by atoms with van der Waals surface area (Å²) in [7, 11) is -3.76. The predicted octanol–water partition coefficient (Wildman–Crippen LogP) is 4.37. The summed E-state index contributed by atoms with van der Waals surface area (Å²) in [5.74, 6) is -3.08. The highest BCUT2D eigenvalue weighted by molar-refractivity contribution is 7.90. The quantitative estimate of drug-likeness (QED) is 0.288. The van der Waals surface area contributed by atoms with Crippen LogP contribution in [0.5, 0.6) is 0 Å². The van der Waals surface area contributed by atoms with Crippen molar-refractivity contribution in [3.63, 3.8) is 0 Å². The van der Waals surface area contributed by atoms with Gasteiger partial charge in [0.2, 0.25) is 0 Å². The van der Waals surface area contributed by atoms with Crippen LogP contribution in [0, 0.1) is 0 Å². The number of carboxylic acids is 2. The van der Waals surface area contributed by atoms with Crippen LogP contribution in [0.3, 0.4) is 0 Å². The van der Waals surface area contributed by atoms with Crippen LogP contribution in [0.4, 0.5) is 5.69 Å². The summed E-state index contributed by atoms with van der Waals surface area (Å²) in [6.07, 6.45) is 2.33. The van der Waals surface area contributed by atoms with E-state index in [1.54, 1.807) is 18.2 Å². The molecule has 9 nitrogen and oxygen atoms in total. The maximum absolute atomic E-state index is 12.7. The summed E-state index contributed by atoms with van der Waals surface area (Å²) >= 11 is 0. The Labute approximate surface area is 227 Å². The third kappa shape index (κ3) is 7.32. The molecule has 3 aromatic carbocycles. The zero-order valence-electron chi connectivity index (χ0n) is 21.6. The first-order valence-electron chi connectivity index (χ1n) is 12.2. The number of hydrogen-bond acceptors (Lipinski definition) is 6. The Morgan fingerprint density at radius 3 is 2.00 bits per heavy atom. The highest BCUT2D eigenvalue weighted by Gasteiger charge is 2.41. The summed E-state index contributed by atoms with van der Waals surface area (Å²) in [5.41, 5.74) is 5.19. The molecule has 204 valence electrons. The molecule has 1 aliphatic heterocycles. The van der Waals surface area contributed by atoms with E-state index in [1.807, 2.05) is 38.1 Å². The monoisotopic (exact) mass is 550 g/mol. The average molecular weight is 551 g/mol. The summed E-state index contributed by atoms with van der Waals surface area (Å²) < 4.78 is 26.3. The number of para-hydroxylation sites is 1. The van der Waals surface area contributed by atoms with E-state index in [0.717, 1.165) is 22.1 Å². The van der Waals surface area contributed by atoms with Gasteiger partial charge in [-0.05, 0) is 48.2 Å². The van der Waals surface area contributed by atoms with Crippen LogP contribution in [0.2, 0.25) is 0 Å². The normalized spacial score (nSPS) is 14.6. The number of nitrogens with one attached hydrogen (secondary N) is 1. The molecule has 1 amide bonds. The van der Waals surface area contributed by atoms with Crippen LogP contribution in [-0.4, -0.2) is 53.9 Å². The number of hydrogen-bond donors (Lipinski definition) is 3. The molecule has 1 atom stereocenters. The van der Waals surface area contributed by atoms with Gasteiger partial charge in [0.25, 0.3) is 15.9 Å². The van der Waals surface area contributed by atoms with Crippen molar-refractivity contribution in [1.82, 2.24) is 4.31 Å². The van der Waals surface area contributed by atoms with E-state index < -0.39 is 27.9 Å². The summed E-state index contributed by atoms with van der Waals surface area (Å²) in [6.45, 7) is 4.84. The van der Waals surface area contributed by atoms with Crippen molar-refractivity contribution in [2.75, 3.05) is 18.4 Å². The number of benzene rings is 3. The van der Waals surface area contributed by atoms with E-state index in [-0.39, 0.29) is 22.9 Å². The Balaban J connectivity index is 0.000000226. The highest BCUT2D eigenvalue weighted by atomic mass is 32.2. The number of fused-ring (bicyclic) bond motifs is 3. The lowest BCUT2D eigenvalue weighted by Gasteiger charge is -2.22. The zero-order chi connectivity index (χ0) is 28.6. The molecule has 39 heavy (non-hydrogen) atoms.